The molecule has 334 valence electrons. The number of aliphatic hydroxyl groups excluding tert-OH is 5. The van der Waals surface area contributed by atoms with Crippen molar-refractivity contribution in [2.45, 2.75) is 249 Å². The third-order valence-corrected chi connectivity index (χ3v) is 11.3. The van der Waals surface area contributed by atoms with Crippen LogP contribution in [0.15, 0.2) is 36.5 Å². The van der Waals surface area contributed by atoms with Gasteiger partial charge in [-0.05, 0) is 44.9 Å². The highest BCUT2D eigenvalue weighted by atomic mass is 16.7. The highest BCUT2D eigenvalue weighted by Crippen LogP contribution is 2.23. The molecule has 0 aliphatic carbocycles. The van der Waals surface area contributed by atoms with Gasteiger partial charge in [-0.3, -0.25) is 4.79 Å². The Morgan fingerprint density at radius 3 is 1.60 bits per heavy atom. The Hall–Kier alpha value is -1.59. The summed E-state index contributed by atoms with van der Waals surface area (Å²) >= 11 is 0. The fraction of sp³-hybridized carbons (Fsp3) is 0.854. The van der Waals surface area contributed by atoms with E-state index < -0.39 is 49.5 Å². The summed E-state index contributed by atoms with van der Waals surface area (Å²) in [5.41, 5.74) is 0. The van der Waals surface area contributed by atoms with Crippen molar-refractivity contribution in [3.63, 3.8) is 0 Å². The van der Waals surface area contributed by atoms with E-state index in [4.69, 9.17) is 9.47 Å². The van der Waals surface area contributed by atoms with E-state index in [0.29, 0.717) is 12.8 Å². The molecular formula is C48H89NO8. The molecule has 1 aliphatic rings. The lowest BCUT2D eigenvalue weighted by Crippen LogP contribution is -2.60. The van der Waals surface area contributed by atoms with Gasteiger partial charge in [0.05, 0.1) is 25.4 Å². The molecule has 9 heteroatoms. The van der Waals surface area contributed by atoms with Crippen LogP contribution < -0.4 is 5.32 Å². The summed E-state index contributed by atoms with van der Waals surface area (Å²) in [5, 5.41) is 54.3. The lowest BCUT2D eigenvalue weighted by atomic mass is 9.99. The number of allylic oxidation sites excluding steroid dienone is 6. The van der Waals surface area contributed by atoms with E-state index in [2.05, 4.69) is 55.6 Å². The van der Waals surface area contributed by atoms with Gasteiger partial charge in [-0.15, -0.1) is 0 Å². The van der Waals surface area contributed by atoms with Gasteiger partial charge in [0.15, 0.2) is 6.29 Å². The Bertz CT molecular complexity index is 987. The standard InChI is InChI=1S/C48H89NO8/c1-3-5-7-9-11-13-15-17-18-19-20-21-22-23-24-26-27-29-31-33-35-37-42(51)41(40-56-48-47(55)46(54)45(53)43(39-50)57-48)49-44(52)38-36-34-32-30-28-25-16-14-12-10-8-6-4-2/h6,8,12,14,25,28,41-43,45-48,50-51,53-55H,3-5,7,9-11,13,15-24,26-27,29-40H2,1-2H3,(H,49,52)/b8-6-,14-12-,28-25-. The maximum atomic E-state index is 12.9. The van der Waals surface area contributed by atoms with Crippen LogP contribution in [0.3, 0.4) is 0 Å². The van der Waals surface area contributed by atoms with Gasteiger partial charge in [-0.25, -0.2) is 0 Å². The van der Waals surface area contributed by atoms with Gasteiger partial charge in [0, 0.05) is 6.42 Å². The Kier molecular flexibility index (Phi) is 36.2. The van der Waals surface area contributed by atoms with E-state index in [-0.39, 0.29) is 12.5 Å². The van der Waals surface area contributed by atoms with E-state index in [1.807, 2.05) is 0 Å². The number of nitrogens with one attached hydrogen (secondary N) is 1. The van der Waals surface area contributed by atoms with Crippen molar-refractivity contribution in [2.75, 3.05) is 13.2 Å². The minimum atomic E-state index is -1.56. The highest BCUT2D eigenvalue weighted by Gasteiger charge is 2.44. The smallest absolute Gasteiger partial charge is 0.220 e. The molecule has 57 heavy (non-hydrogen) atoms. The molecule has 7 unspecified atom stereocenters. The summed E-state index contributed by atoms with van der Waals surface area (Å²) in [6.07, 6.45) is 40.2. The summed E-state index contributed by atoms with van der Waals surface area (Å²) < 4.78 is 11.2. The number of carbonyl (C=O) groups excluding carboxylic acids is 1. The number of carbonyl (C=O) groups is 1. The minimum absolute atomic E-state index is 0.150. The second-order valence-electron chi connectivity index (χ2n) is 16.5. The molecule has 0 bridgehead atoms. The molecule has 0 spiro atoms. The van der Waals surface area contributed by atoms with Crippen LogP contribution in [0.2, 0.25) is 0 Å². The van der Waals surface area contributed by atoms with Crippen LogP contribution in [-0.4, -0.2) is 87.5 Å². The van der Waals surface area contributed by atoms with Gasteiger partial charge < -0.3 is 40.3 Å². The molecule has 0 aromatic carbocycles. The quantitative estimate of drug-likeness (QED) is 0.0266. The zero-order valence-electron chi connectivity index (χ0n) is 36.6. The molecule has 0 radical (unpaired) electrons. The van der Waals surface area contributed by atoms with E-state index in [0.717, 1.165) is 64.2 Å². The fourth-order valence-corrected chi connectivity index (χ4v) is 7.47. The summed E-state index contributed by atoms with van der Waals surface area (Å²) in [4.78, 5) is 12.9. The van der Waals surface area contributed by atoms with Crippen LogP contribution >= 0.6 is 0 Å². The molecule has 1 amide bonds. The third kappa shape index (κ3) is 29.3. The molecule has 6 N–H and O–H groups in total. The first-order valence-electron chi connectivity index (χ1n) is 23.7. The Labute approximate surface area is 349 Å². The highest BCUT2D eigenvalue weighted by molar-refractivity contribution is 5.76. The predicted molar refractivity (Wildman–Crippen MR) is 235 cm³/mol. The van der Waals surface area contributed by atoms with Crippen LogP contribution in [-0.2, 0) is 14.3 Å². The fourth-order valence-electron chi connectivity index (χ4n) is 7.47. The number of rotatable bonds is 39. The number of hydrogen-bond acceptors (Lipinski definition) is 8. The summed E-state index contributed by atoms with van der Waals surface area (Å²) in [7, 11) is 0. The maximum absolute atomic E-state index is 12.9. The number of amides is 1. The lowest BCUT2D eigenvalue weighted by molar-refractivity contribution is -0.302. The first-order chi connectivity index (χ1) is 27.8. The van der Waals surface area contributed by atoms with E-state index >= 15 is 0 Å². The zero-order valence-corrected chi connectivity index (χ0v) is 36.6. The average molecular weight is 808 g/mol. The zero-order chi connectivity index (χ0) is 41.6. The van der Waals surface area contributed by atoms with Crippen molar-refractivity contribution in [3.05, 3.63) is 36.5 Å². The molecule has 0 aromatic heterocycles. The first kappa shape index (κ1) is 53.4. The minimum Gasteiger partial charge on any atom is -0.394 e. The summed E-state index contributed by atoms with van der Waals surface area (Å²) in [5.74, 6) is -0.173. The van der Waals surface area contributed by atoms with Crippen LogP contribution in [0.5, 0.6) is 0 Å². The maximum Gasteiger partial charge on any atom is 0.220 e. The van der Waals surface area contributed by atoms with E-state index in [1.54, 1.807) is 0 Å². The van der Waals surface area contributed by atoms with Gasteiger partial charge >= 0.3 is 0 Å². The van der Waals surface area contributed by atoms with Crippen molar-refractivity contribution in [3.8, 4) is 0 Å². The van der Waals surface area contributed by atoms with Crippen LogP contribution in [0.25, 0.3) is 0 Å². The van der Waals surface area contributed by atoms with Crippen LogP contribution in [0.1, 0.15) is 206 Å². The second kappa shape index (κ2) is 38.6. The molecule has 1 aliphatic heterocycles. The van der Waals surface area contributed by atoms with Gasteiger partial charge in [0.25, 0.3) is 0 Å². The number of ether oxygens (including phenoxy) is 2. The number of hydrogen-bond donors (Lipinski definition) is 6. The van der Waals surface area contributed by atoms with Gasteiger partial charge in [-0.1, -0.05) is 192 Å². The molecular weight excluding hydrogens is 719 g/mol. The molecule has 7 atom stereocenters. The van der Waals surface area contributed by atoms with Crippen molar-refractivity contribution in [1.29, 1.82) is 0 Å². The molecule has 1 fully saturated rings. The van der Waals surface area contributed by atoms with Gasteiger partial charge in [0.1, 0.15) is 24.4 Å². The van der Waals surface area contributed by atoms with Crippen molar-refractivity contribution in [1.82, 2.24) is 5.32 Å². The Morgan fingerprint density at radius 2 is 1.09 bits per heavy atom. The summed E-state index contributed by atoms with van der Waals surface area (Å²) in [6, 6.07) is -0.733. The monoisotopic (exact) mass is 808 g/mol. The molecule has 1 heterocycles. The third-order valence-electron chi connectivity index (χ3n) is 11.3. The van der Waals surface area contributed by atoms with E-state index in [9.17, 15) is 30.3 Å². The molecule has 1 saturated heterocycles. The van der Waals surface area contributed by atoms with Crippen molar-refractivity contribution >= 4 is 5.91 Å². The lowest BCUT2D eigenvalue weighted by Gasteiger charge is -2.40. The average Bonchev–Trinajstić information content (AvgIpc) is 3.21. The Morgan fingerprint density at radius 1 is 0.614 bits per heavy atom. The largest absolute Gasteiger partial charge is 0.394 e. The SMILES string of the molecule is CC/C=C\C/C=C\C/C=C\CCCCCC(=O)NC(COC1OC(CO)C(O)C(O)C1O)C(O)CCCCCCCCCCCCCCCCCCCCCCC. The van der Waals surface area contributed by atoms with E-state index in [1.165, 1.54) is 116 Å². The molecule has 0 saturated carbocycles. The Balaban J connectivity index is 2.30. The van der Waals surface area contributed by atoms with Crippen LogP contribution in [0.4, 0.5) is 0 Å². The van der Waals surface area contributed by atoms with Crippen molar-refractivity contribution in [2.24, 2.45) is 0 Å². The normalized spacial score (nSPS) is 21.3. The molecule has 1 rings (SSSR count). The first-order valence-corrected chi connectivity index (χ1v) is 23.7. The van der Waals surface area contributed by atoms with Gasteiger partial charge in [-0.2, -0.15) is 0 Å². The summed E-state index contributed by atoms with van der Waals surface area (Å²) in [6.45, 7) is 3.70. The topological polar surface area (TPSA) is 149 Å². The molecule has 0 aromatic rings. The number of aliphatic hydroxyl groups is 5. The predicted octanol–water partition coefficient (Wildman–Crippen LogP) is 10.1. The number of unbranched alkanes of at least 4 members (excludes halogenated alkanes) is 23. The van der Waals surface area contributed by atoms with Crippen molar-refractivity contribution < 1.29 is 39.8 Å². The van der Waals surface area contributed by atoms with Gasteiger partial charge in [0.2, 0.25) is 5.91 Å². The molecule has 9 nitrogen and oxygen atoms in total. The van der Waals surface area contributed by atoms with Crippen LogP contribution in [0, 0.1) is 0 Å². The second-order valence-corrected chi connectivity index (χ2v) is 16.5.